The highest BCUT2D eigenvalue weighted by Gasteiger charge is 2.36. The van der Waals surface area contributed by atoms with Crippen LogP contribution in [0.4, 0.5) is 0 Å². The number of hydrogen-bond donors (Lipinski definition) is 10. The lowest BCUT2D eigenvalue weighted by molar-refractivity contribution is -0.136. The van der Waals surface area contributed by atoms with Crippen LogP contribution in [0.15, 0.2) is 109 Å². The van der Waals surface area contributed by atoms with Crippen LogP contribution >= 0.6 is 21.6 Å². The van der Waals surface area contributed by atoms with Crippen LogP contribution in [-0.2, 0) is 64.0 Å². The molecule has 3 heterocycles. The van der Waals surface area contributed by atoms with E-state index in [2.05, 4.69) is 52.5 Å². The summed E-state index contributed by atoms with van der Waals surface area (Å²) in [6, 6.07) is 22.4. The van der Waals surface area contributed by atoms with Crippen LogP contribution in [-0.4, -0.2) is 131 Å². The first kappa shape index (κ1) is 63.3. The van der Waals surface area contributed by atoms with Gasteiger partial charge in [0.2, 0.25) is 35.4 Å². The number of nitrogens with one attached hydrogen (secondary N) is 10. The van der Waals surface area contributed by atoms with E-state index in [4.69, 9.17) is 0 Å². The number of carbonyl (C=O) groups excluding carboxylic acids is 8. The maximum absolute atomic E-state index is 15.1. The molecule has 1 aliphatic rings. The third kappa shape index (κ3) is 18.1. The summed E-state index contributed by atoms with van der Waals surface area (Å²) < 4.78 is 0. The lowest BCUT2D eigenvalue weighted by Gasteiger charge is -2.29. The quantitative estimate of drug-likeness (QED) is 0.0310. The number of likely N-dealkylation sites (N-methyl/N-ethyl adjacent to an activating group) is 1. The van der Waals surface area contributed by atoms with Crippen LogP contribution in [0.5, 0.6) is 0 Å². The van der Waals surface area contributed by atoms with Gasteiger partial charge in [-0.15, -0.1) is 0 Å². The Kier molecular flexibility index (Phi) is 23.6. The number of carbonyl (C=O) groups is 8. The first-order chi connectivity index (χ1) is 39.9. The van der Waals surface area contributed by atoms with Gasteiger partial charge in [-0.25, -0.2) is 0 Å². The van der Waals surface area contributed by atoms with Gasteiger partial charge in [-0.05, 0) is 114 Å². The third-order valence-corrected chi connectivity index (χ3v) is 17.7. The predicted octanol–water partition coefficient (Wildman–Crippen LogP) is 5.64. The third-order valence-electron chi connectivity index (χ3n) is 15.3. The van der Waals surface area contributed by atoms with Gasteiger partial charge in [0.25, 0.3) is 0 Å². The Morgan fingerprint density at radius 2 is 1.16 bits per heavy atom. The summed E-state index contributed by atoms with van der Waals surface area (Å²) >= 11 is 0. The lowest BCUT2D eigenvalue weighted by Crippen LogP contribution is -2.61. The molecule has 0 spiro atoms. The topological polar surface area (TPSA) is 264 Å². The van der Waals surface area contributed by atoms with Crippen molar-refractivity contribution in [3.05, 3.63) is 143 Å². The Bertz CT molecular complexity index is 3200. The summed E-state index contributed by atoms with van der Waals surface area (Å²) in [7, 11) is 5.84. The molecular formula is C63H80N10O8S2. The molecule has 0 unspecified atom stereocenters. The minimum absolute atomic E-state index is 0.00649. The van der Waals surface area contributed by atoms with Gasteiger partial charge in [0, 0.05) is 70.9 Å². The minimum Gasteiger partial charge on any atom is -0.361 e. The Balaban J connectivity index is 1.26. The maximum atomic E-state index is 15.1. The molecule has 1 aliphatic heterocycles. The molecule has 8 atom stereocenters. The molecule has 0 radical (unpaired) electrons. The van der Waals surface area contributed by atoms with Gasteiger partial charge in [-0.2, -0.15) is 0 Å². The standard InChI is InChI=1S/C63H80N10O8S2/c1-37(2)57-63(81)71-54(56(75)32-43(40(5)74)30-44-33-66-48-16-10-8-14-46(44)48)35-82-83-36-55(72-59(77)51(65-7)28-41-23-19-38(3)20-24-41)62(80)69-52(29-42-25-21-39(4)22-26-42)60(78)70-53(31-45-34-67-49-17-11-9-15-47(45)49)61(79)68-50(58(76)73-57)18-12-13-27-64-6/h8-11,14-17,19-26,33-34,37,43,50-55,57,64-67H,12-13,18,27-32,35-36H2,1-7H3,(H,68,79)(H,69,80)(H,70,78)(H,71,81)(H,72,77)(H,73,76)/t43-,50+,51-,52+,53-,54+,55+,57+/m1/s1. The van der Waals surface area contributed by atoms with Crippen LogP contribution in [0.3, 0.4) is 0 Å². The molecule has 20 heteroatoms. The van der Waals surface area contributed by atoms with Crippen molar-refractivity contribution in [2.24, 2.45) is 11.8 Å². The van der Waals surface area contributed by atoms with Crippen molar-refractivity contribution < 1.29 is 38.4 Å². The summed E-state index contributed by atoms with van der Waals surface area (Å²) in [4.78, 5) is 123. The van der Waals surface area contributed by atoms with Crippen molar-refractivity contribution in [3.8, 4) is 0 Å². The molecule has 0 bridgehead atoms. The molecule has 7 rings (SSSR count). The molecular weight excluding hydrogens is 1090 g/mol. The second-order valence-corrected chi connectivity index (χ2v) is 24.6. The monoisotopic (exact) mass is 1170 g/mol. The van der Waals surface area contributed by atoms with Crippen LogP contribution in [0, 0.1) is 25.7 Å². The number of para-hydroxylation sites is 2. The first-order valence-electron chi connectivity index (χ1n) is 28.5. The van der Waals surface area contributed by atoms with Gasteiger partial charge in [-0.3, -0.25) is 38.4 Å². The van der Waals surface area contributed by atoms with E-state index in [0.717, 1.165) is 44.1 Å². The van der Waals surface area contributed by atoms with E-state index < -0.39 is 95.4 Å². The molecule has 18 nitrogen and oxygen atoms in total. The van der Waals surface area contributed by atoms with Crippen molar-refractivity contribution in [1.29, 1.82) is 0 Å². The zero-order valence-electron chi connectivity index (χ0n) is 48.4. The van der Waals surface area contributed by atoms with Crippen LogP contribution in [0.1, 0.15) is 79.8 Å². The maximum Gasteiger partial charge on any atom is 0.244 e. The van der Waals surface area contributed by atoms with Crippen molar-refractivity contribution in [2.75, 3.05) is 32.1 Å². The molecule has 0 aliphatic carbocycles. The average Bonchev–Trinajstić information content (AvgIpc) is 4.09. The molecule has 4 aromatic carbocycles. The Morgan fingerprint density at radius 1 is 0.602 bits per heavy atom. The Labute approximate surface area is 493 Å². The van der Waals surface area contributed by atoms with E-state index in [1.165, 1.54) is 28.5 Å². The SMILES string of the molecule is CNCCCC[C@@H]1NC(=O)[C@@H](Cc2c[nH]c3ccccc23)NC(=O)[C@H](Cc2ccc(C)cc2)NC(=O)[C@@H](NC(=O)[C@@H](Cc2ccc(C)cc2)NC)CSSC[C@@H](C(=O)C[C@@H](Cc2c[nH]c3ccccc23)C(C)=O)NC(=O)[C@H](C(C)C)NC1=O. The Morgan fingerprint density at radius 3 is 1.77 bits per heavy atom. The van der Waals surface area contributed by atoms with Gasteiger partial charge >= 0.3 is 0 Å². The number of Topliss-reactive ketones (excluding diaryl/α,β-unsaturated/α-hetero) is 2. The largest absolute Gasteiger partial charge is 0.361 e. The number of aryl methyl sites for hydroxylation is 2. The van der Waals surface area contributed by atoms with E-state index in [0.29, 0.717) is 36.9 Å². The summed E-state index contributed by atoms with van der Waals surface area (Å²) in [6.07, 6.45) is 5.29. The molecule has 6 aromatic rings. The zero-order valence-corrected chi connectivity index (χ0v) is 50.1. The summed E-state index contributed by atoms with van der Waals surface area (Å²) in [5, 5.41) is 25.6. The highest BCUT2D eigenvalue weighted by molar-refractivity contribution is 8.76. The van der Waals surface area contributed by atoms with Crippen LogP contribution in [0.2, 0.25) is 0 Å². The molecule has 6 amide bonds. The van der Waals surface area contributed by atoms with Crippen molar-refractivity contribution >= 4 is 90.4 Å². The number of benzene rings is 4. The second kappa shape index (κ2) is 30.9. The van der Waals surface area contributed by atoms with Crippen LogP contribution < -0.4 is 42.5 Å². The fourth-order valence-electron chi connectivity index (χ4n) is 10.2. The van der Waals surface area contributed by atoms with Gasteiger partial charge in [0.15, 0.2) is 5.78 Å². The van der Waals surface area contributed by atoms with Gasteiger partial charge in [0.1, 0.15) is 36.0 Å². The molecule has 1 fully saturated rings. The van der Waals surface area contributed by atoms with Crippen molar-refractivity contribution in [3.63, 3.8) is 0 Å². The van der Waals surface area contributed by atoms with E-state index in [1.54, 1.807) is 27.1 Å². The molecule has 1 saturated heterocycles. The highest BCUT2D eigenvalue weighted by atomic mass is 33.1. The fraction of sp³-hybridized carbons (Fsp3) is 0.429. The molecule has 10 N–H and O–H groups in total. The van der Waals surface area contributed by atoms with E-state index in [1.807, 2.05) is 124 Å². The van der Waals surface area contributed by atoms with Gasteiger partial charge < -0.3 is 52.5 Å². The van der Waals surface area contributed by atoms with Crippen LogP contribution in [0.25, 0.3) is 21.8 Å². The number of hydrogen-bond acceptors (Lipinski definition) is 12. The lowest BCUT2D eigenvalue weighted by atomic mass is 9.89. The molecule has 442 valence electrons. The summed E-state index contributed by atoms with van der Waals surface area (Å²) in [6.45, 7) is 9.51. The summed E-state index contributed by atoms with van der Waals surface area (Å²) in [5.74, 6) is -5.76. The smallest absolute Gasteiger partial charge is 0.244 e. The van der Waals surface area contributed by atoms with Gasteiger partial charge in [-0.1, -0.05) is 131 Å². The van der Waals surface area contributed by atoms with E-state index >= 15 is 9.59 Å². The molecule has 2 aromatic heterocycles. The fourth-order valence-corrected chi connectivity index (χ4v) is 12.5. The number of ketones is 2. The van der Waals surface area contributed by atoms with E-state index in [9.17, 15) is 28.8 Å². The average molecular weight is 1170 g/mol. The normalized spacial score (nSPS) is 20.6. The minimum atomic E-state index is -1.29. The number of unbranched alkanes of at least 4 members (excludes halogenated alkanes) is 1. The summed E-state index contributed by atoms with van der Waals surface area (Å²) in [5.41, 5.74) is 6.91. The molecule has 83 heavy (non-hydrogen) atoms. The molecule has 0 saturated carbocycles. The Hall–Kier alpha value is -7.26. The number of amides is 6. The van der Waals surface area contributed by atoms with Crippen molar-refractivity contribution in [2.45, 2.75) is 128 Å². The van der Waals surface area contributed by atoms with Crippen molar-refractivity contribution in [1.82, 2.24) is 52.5 Å². The number of fused-ring (bicyclic) bond motifs is 2. The predicted molar refractivity (Wildman–Crippen MR) is 330 cm³/mol. The number of aromatic amines is 2. The highest BCUT2D eigenvalue weighted by Crippen LogP contribution is 2.27. The first-order valence-corrected chi connectivity index (χ1v) is 31.0. The van der Waals surface area contributed by atoms with Gasteiger partial charge in [0.05, 0.1) is 12.1 Å². The number of aromatic nitrogens is 2. The number of H-pyrrole nitrogens is 2. The second-order valence-electron chi connectivity index (χ2n) is 22.0. The zero-order chi connectivity index (χ0) is 59.6. The number of rotatable bonds is 21. The van der Waals surface area contributed by atoms with E-state index in [-0.39, 0.29) is 49.4 Å².